The minimum atomic E-state index is -4.02. The maximum absolute atomic E-state index is 11.9. The van der Waals surface area contributed by atoms with E-state index in [1.807, 2.05) is 18.2 Å². The molecule has 1 aromatic rings. The predicted octanol–water partition coefficient (Wildman–Crippen LogP) is 0.563. The normalized spacial score (nSPS) is 23.9. The first-order chi connectivity index (χ1) is 13.8. The Kier molecular flexibility index (Phi) is 5.26. The molecule has 1 atom stereocenters. The summed E-state index contributed by atoms with van der Waals surface area (Å²) in [5.41, 5.74) is 6.78. The van der Waals surface area contributed by atoms with E-state index < -0.39 is 16.4 Å². The van der Waals surface area contributed by atoms with Crippen molar-refractivity contribution in [2.75, 3.05) is 33.8 Å². The highest BCUT2D eigenvalue weighted by Gasteiger charge is 2.33. The summed E-state index contributed by atoms with van der Waals surface area (Å²) in [6.07, 6.45) is 3.14. The van der Waals surface area contributed by atoms with Gasteiger partial charge in [0.2, 0.25) is 18.1 Å². The largest absolute Gasteiger partial charge is 0.484 e. The summed E-state index contributed by atoms with van der Waals surface area (Å²) in [4.78, 5) is 5.41. The Morgan fingerprint density at radius 2 is 2.00 bits per heavy atom. The van der Waals surface area contributed by atoms with Crippen molar-refractivity contribution in [2.45, 2.75) is 32.0 Å². The monoisotopic (exact) mass is 422 g/mol. The molecule has 0 radical (unpaired) electrons. The van der Waals surface area contributed by atoms with Crippen molar-refractivity contribution < 1.29 is 17.9 Å². The van der Waals surface area contributed by atoms with Gasteiger partial charge in [-0.15, -0.1) is 8.80 Å². The van der Waals surface area contributed by atoms with Gasteiger partial charge in [-0.05, 0) is 32.0 Å². The second-order valence-electron chi connectivity index (χ2n) is 7.42. The van der Waals surface area contributed by atoms with Gasteiger partial charge in [0.25, 0.3) is 0 Å². The van der Waals surface area contributed by atoms with Gasteiger partial charge in [0, 0.05) is 26.2 Å². The molecule has 0 bridgehead atoms. The number of ether oxygens (including phenoxy) is 2. The molecule has 11 heteroatoms. The van der Waals surface area contributed by atoms with Gasteiger partial charge >= 0.3 is 10.2 Å². The number of hydrogen-bond donors (Lipinski definition) is 1. The van der Waals surface area contributed by atoms with Crippen LogP contribution in [0.1, 0.15) is 24.8 Å². The number of hydrogen-bond acceptors (Lipinski definition) is 8. The third kappa shape index (κ3) is 4.10. The molecule has 0 spiro atoms. The van der Waals surface area contributed by atoms with Crippen molar-refractivity contribution in [3.63, 3.8) is 0 Å². The van der Waals surface area contributed by atoms with E-state index in [-0.39, 0.29) is 18.5 Å². The van der Waals surface area contributed by atoms with Crippen LogP contribution in [-0.2, 0) is 16.8 Å². The Balaban J connectivity index is 1.56. The number of nitrogens with zero attached hydrogens (tertiary/aromatic N) is 5. The second-order valence-corrected chi connectivity index (χ2v) is 8.68. The lowest BCUT2D eigenvalue weighted by Gasteiger charge is -2.38. The van der Waals surface area contributed by atoms with Gasteiger partial charge in [-0.2, -0.15) is 8.42 Å². The zero-order valence-electron chi connectivity index (χ0n) is 16.6. The number of likely N-dealkylation sites (tertiary alicyclic amines) is 1. The number of nitrogens with two attached hydrogens (primary N) is 1. The summed E-state index contributed by atoms with van der Waals surface area (Å²) in [7, 11) is -0.731. The van der Waals surface area contributed by atoms with Crippen LogP contribution >= 0.6 is 0 Å². The number of fused-ring (bicyclic) bond motifs is 1. The van der Waals surface area contributed by atoms with Gasteiger partial charge in [0.05, 0.1) is 0 Å². The molecule has 3 aliphatic rings. The topological polar surface area (TPSA) is 113 Å². The summed E-state index contributed by atoms with van der Waals surface area (Å²) in [6.45, 7) is 3.16. The maximum atomic E-state index is 11.9. The zero-order chi connectivity index (χ0) is 20.6. The first kappa shape index (κ1) is 19.8. The van der Waals surface area contributed by atoms with Gasteiger partial charge in [-0.3, -0.25) is 9.80 Å². The van der Waals surface area contributed by atoms with Crippen LogP contribution in [0.2, 0.25) is 0 Å². The second kappa shape index (κ2) is 7.71. The van der Waals surface area contributed by atoms with Crippen LogP contribution in [0.3, 0.4) is 0 Å². The summed E-state index contributed by atoms with van der Waals surface area (Å²) < 4.78 is 43.1. The lowest BCUT2D eigenvalue weighted by Crippen LogP contribution is -2.55. The Labute approximate surface area is 170 Å². The van der Waals surface area contributed by atoms with Gasteiger partial charge in [0.15, 0.2) is 11.5 Å². The Morgan fingerprint density at radius 1 is 1.24 bits per heavy atom. The summed E-state index contributed by atoms with van der Waals surface area (Å²) in [6, 6.07) is 5.89. The number of benzene rings is 1. The third-order valence-corrected chi connectivity index (χ3v) is 6.15. The van der Waals surface area contributed by atoms with Gasteiger partial charge in [-0.25, -0.2) is 0 Å². The Morgan fingerprint density at radius 3 is 2.76 bits per heavy atom. The van der Waals surface area contributed by atoms with Crippen molar-refractivity contribution in [1.82, 2.24) is 14.7 Å². The molecular weight excluding hydrogens is 396 g/mol. The molecule has 158 valence electrons. The van der Waals surface area contributed by atoms with Crippen molar-refractivity contribution >= 4 is 22.1 Å². The van der Waals surface area contributed by atoms with Crippen LogP contribution in [-0.4, -0.2) is 75.1 Å². The van der Waals surface area contributed by atoms with Crippen LogP contribution in [0, 0.1) is 0 Å². The smallest absolute Gasteiger partial charge is 0.369 e. The number of guanidine groups is 2. The molecule has 3 heterocycles. The average molecular weight is 423 g/mol. The van der Waals surface area contributed by atoms with E-state index in [4.69, 9.17) is 15.2 Å². The van der Waals surface area contributed by atoms with Gasteiger partial charge in [-0.1, -0.05) is 18.6 Å². The quantitative estimate of drug-likeness (QED) is 0.752. The standard InChI is InChI=1S/C18H26N6O4S/c1-22(18-21-29(25,26)20-17(19)23(18)2)15-12-27-14-8-6-7-13(16(14)28-15)11-24-9-4-3-5-10-24/h6-8,15H,3-5,9-12H2,1-2H3,(H2,19,20). The van der Waals surface area contributed by atoms with Crippen molar-refractivity contribution in [2.24, 2.45) is 14.5 Å². The van der Waals surface area contributed by atoms with E-state index in [0.717, 1.165) is 25.2 Å². The molecule has 1 unspecified atom stereocenters. The van der Waals surface area contributed by atoms with E-state index in [0.29, 0.717) is 11.5 Å². The first-order valence-corrected chi connectivity index (χ1v) is 11.0. The van der Waals surface area contributed by atoms with Crippen LogP contribution in [0.15, 0.2) is 27.0 Å². The van der Waals surface area contributed by atoms with E-state index in [1.54, 1.807) is 19.0 Å². The number of para-hydroxylation sites is 1. The van der Waals surface area contributed by atoms with Crippen molar-refractivity contribution in [3.8, 4) is 11.5 Å². The molecule has 0 aromatic heterocycles. The van der Waals surface area contributed by atoms with Crippen LogP contribution in [0.25, 0.3) is 0 Å². The lowest BCUT2D eigenvalue weighted by atomic mass is 10.1. The zero-order valence-corrected chi connectivity index (χ0v) is 17.4. The molecule has 0 amide bonds. The highest BCUT2D eigenvalue weighted by atomic mass is 32.2. The maximum Gasteiger partial charge on any atom is 0.369 e. The Hall–Kier alpha value is -2.53. The lowest BCUT2D eigenvalue weighted by molar-refractivity contribution is 0.0136. The first-order valence-electron chi connectivity index (χ1n) is 9.64. The highest BCUT2D eigenvalue weighted by molar-refractivity contribution is 7.89. The fourth-order valence-corrected chi connectivity index (χ4v) is 4.57. The average Bonchev–Trinajstić information content (AvgIpc) is 2.70. The molecule has 1 fully saturated rings. The minimum Gasteiger partial charge on any atom is -0.484 e. The van der Waals surface area contributed by atoms with E-state index in [2.05, 4.69) is 13.7 Å². The number of piperidine rings is 1. The van der Waals surface area contributed by atoms with Gasteiger partial charge < -0.3 is 20.1 Å². The van der Waals surface area contributed by atoms with Crippen molar-refractivity contribution in [3.05, 3.63) is 23.8 Å². The molecule has 29 heavy (non-hydrogen) atoms. The van der Waals surface area contributed by atoms with E-state index >= 15 is 0 Å². The number of likely N-dealkylation sites (N-methyl/N-ethyl adjacent to an activating group) is 1. The fourth-order valence-electron chi connectivity index (χ4n) is 3.71. The summed E-state index contributed by atoms with van der Waals surface area (Å²) in [5, 5.41) is 0. The minimum absolute atomic E-state index is 0.128. The SMILES string of the molecule is CN1C(N)=NS(=O)(=O)N=C1N(C)C1COc2cccc(CN3CCCCC3)c2O1. The van der Waals surface area contributed by atoms with Crippen LogP contribution in [0.4, 0.5) is 0 Å². The summed E-state index contributed by atoms with van der Waals surface area (Å²) >= 11 is 0. The van der Waals surface area contributed by atoms with Crippen LogP contribution in [0.5, 0.6) is 11.5 Å². The predicted molar refractivity (Wildman–Crippen MR) is 109 cm³/mol. The molecule has 10 nitrogen and oxygen atoms in total. The molecule has 0 aliphatic carbocycles. The highest BCUT2D eigenvalue weighted by Crippen LogP contribution is 2.37. The fraction of sp³-hybridized carbons (Fsp3) is 0.556. The Bertz CT molecular complexity index is 942. The third-order valence-electron chi connectivity index (χ3n) is 5.34. The molecule has 0 saturated carbocycles. The van der Waals surface area contributed by atoms with E-state index in [1.165, 1.54) is 24.2 Å². The molecule has 4 rings (SSSR count). The molecule has 1 saturated heterocycles. The van der Waals surface area contributed by atoms with E-state index in [9.17, 15) is 8.42 Å². The van der Waals surface area contributed by atoms with Gasteiger partial charge in [0.1, 0.15) is 6.61 Å². The molecular formula is C18H26N6O4S. The molecule has 2 N–H and O–H groups in total. The van der Waals surface area contributed by atoms with Crippen LogP contribution < -0.4 is 15.2 Å². The summed E-state index contributed by atoms with van der Waals surface area (Å²) in [5.74, 6) is 1.36. The molecule has 1 aromatic carbocycles. The number of rotatable bonds is 3. The molecule has 3 aliphatic heterocycles. The van der Waals surface area contributed by atoms with Crippen molar-refractivity contribution in [1.29, 1.82) is 0 Å².